The molecule has 0 saturated carbocycles. The Kier molecular flexibility index (Phi) is 13.5. The second-order valence-electron chi connectivity index (χ2n) is 7.09. The summed E-state index contributed by atoms with van der Waals surface area (Å²) in [6.45, 7) is 1.37. The van der Waals surface area contributed by atoms with Crippen molar-refractivity contribution in [2.45, 2.75) is 56.5 Å². The van der Waals surface area contributed by atoms with Gasteiger partial charge in [-0.15, -0.1) is 0 Å². The summed E-state index contributed by atoms with van der Waals surface area (Å²) < 4.78 is 0. The number of nitrogens with two attached hydrogens (primary N) is 4. The van der Waals surface area contributed by atoms with Gasteiger partial charge in [0.05, 0.1) is 12.5 Å². The predicted octanol–water partition coefficient (Wildman–Crippen LogP) is -4.91. The summed E-state index contributed by atoms with van der Waals surface area (Å²) >= 11 is 3.86. The zero-order chi connectivity index (χ0) is 25.7. The Labute approximate surface area is 195 Å². The summed E-state index contributed by atoms with van der Waals surface area (Å²) in [5, 5.41) is 25.3. The Morgan fingerprint density at radius 2 is 1.45 bits per heavy atom. The number of rotatable bonds is 15. The first-order valence-corrected chi connectivity index (χ1v) is 10.5. The van der Waals surface area contributed by atoms with E-state index in [1.54, 1.807) is 0 Å². The molecule has 0 aliphatic carbocycles. The minimum Gasteiger partial charge on any atom is -0.480 e. The average molecular weight is 493 g/mol. The highest BCUT2D eigenvalue weighted by Crippen LogP contribution is 2.03. The quantitative estimate of drug-likeness (QED) is 0.0450. The van der Waals surface area contributed by atoms with Crippen LogP contribution in [0.15, 0.2) is 4.99 Å². The molecule has 0 spiro atoms. The molecule has 0 rings (SSSR count). The summed E-state index contributed by atoms with van der Waals surface area (Å²) in [7, 11) is 0. The fourth-order valence-corrected chi connectivity index (χ4v) is 2.65. The lowest BCUT2D eigenvalue weighted by Gasteiger charge is -2.25. The molecule has 0 aromatic carbocycles. The van der Waals surface area contributed by atoms with Crippen molar-refractivity contribution < 1.29 is 34.2 Å². The van der Waals surface area contributed by atoms with Crippen LogP contribution in [0, 0.1) is 0 Å². The highest BCUT2D eigenvalue weighted by atomic mass is 32.1. The molecule has 16 heteroatoms. The van der Waals surface area contributed by atoms with Crippen molar-refractivity contribution in [3.63, 3.8) is 0 Å². The number of hydrogen-bond acceptors (Lipinski definition) is 9. The van der Waals surface area contributed by atoms with E-state index in [-0.39, 0.29) is 31.1 Å². The zero-order valence-electron chi connectivity index (χ0n) is 18.1. The molecule has 0 heterocycles. The summed E-state index contributed by atoms with van der Waals surface area (Å²) in [5.74, 6) is -5.40. The first-order chi connectivity index (χ1) is 15.3. The Morgan fingerprint density at radius 3 is 1.91 bits per heavy atom. The highest BCUT2D eigenvalue weighted by molar-refractivity contribution is 7.80. The van der Waals surface area contributed by atoms with E-state index in [0.29, 0.717) is 0 Å². The van der Waals surface area contributed by atoms with Gasteiger partial charge in [-0.3, -0.25) is 24.2 Å². The van der Waals surface area contributed by atoms with Gasteiger partial charge in [-0.25, -0.2) is 4.79 Å². The van der Waals surface area contributed by atoms with Gasteiger partial charge in [-0.1, -0.05) is 0 Å². The van der Waals surface area contributed by atoms with Crippen molar-refractivity contribution in [2.75, 3.05) is 12.3 Å². The normalized spacial score (nSPS) is 15.2. The molecule has 0 aliphatic heterocycles. The maximum absolute atomic E-state index is 12.7. The number of aliphatic imine (C=N–C) groups is 1. The number of nitrogens with one attached hydrogen (secondary N) is 3. The van der Waals surface area contributed by atoms with E-state index in [4.69, 9.17) is 28.0 Å². The van der Waals surface area contributed by atoms with Gasteiger partial charge in [0.25, 0.3) is 0 Å². The smallest absolute Gasteiger partial charge is 0.327 e. The number of aliphatic carboxylic acids is 1. The third-order valence-corrected chi connectivity index (χ3v) is 4.60. The number of carboxylic acids is 1. The van der Waals surface area contributed by atoms with Gasteiger partial charge < -0.3 is 49.1 Å². The molecule has 4 amide bonds. The van der Waals surface area contributed by atoms with Gasteiger partial charge in [0.15, 0.2) is 5.96 Å². The van der Waals surface area contributed by atoms with Crippen LogP contribution in [0.5, 0.6) is 0 Å². The van der Waals surface area contributed by atoms with Crippen LogP contribution >= 0.6 is 12.6 Å². The summed E-state index contributed by atoms with van der Waals surface area (Å²) in [5.41, 5.74) is 21.1. The van der Waals surface area contributed by atoms with Crippen molar-refractivity contribution in [1.29, 1.82) is 0 Å². The summed E-state index contributed by atoms with van der Waals surface area (Å²) in [6, 6.07) is -5.50. The number of guanidine groups is 1. The third kappa shape index (κ3) is 11.9. The van der Waals surface area contributed by atoms with Gasteiger partial charge in [0.2, 0.25) is 23.6 Å². The molecule has 0 aromatic rings. The molecule has 0 aliphatic rings. The lowest BCUT2D eigenvalue weighted by atomic mass is 10.1. The number of carbonyl (C=O) groups is 5. The van der Waals surface area contributed by atoms with E-state index in [9.17, 15) is 29.1 Å². The Hall–Kier alpha value is -3.11. The van der Waals surface area contributed by atoms with Crippen LogP contribution in [0.3, 0.4) is 0 Å². The number of aliphatic hydroxyl groups excluding tert-OH is 1. The van der Waals surface area contributed by atoms with E-state index in [1.807, 2.05) is 0 Å². The van der Waals surface area contributed by atoms with Crippen molar-refractivity contribution in [2.24, 2.45) is 27.9 Å². The molecule has 15 nitrogen and oxygen atoms in total. The molecule has 0 fully saturated rings. The maximum Gasteiger partial charge on any atom is 0.327 e. The molecule has 0 saturated heterocycles. The fraction of sp³-hybridized carbons (Fsp3) is 0.647. The molecule has 5 atom stereocenters. The van der Waals surface area contributed by atoms with Crippen molar-refractivity contribution in [3.8, 4) is 0 Å². The second-order valence-corrected chi connectivity index (χ2v) is 7.46. The van der Waals surface area contributed by atoms with Crippen molar-refractivity contribution in [1.82, 2.24) is 16.0 Å². The van der Waals surface area contributed by atoms with E-state index < -0.39 is 66.3 Å². The van der Waals surface area contributed by atoms with Crippen molar-refractivity contribution >= 4 is 48.2 Å². The second kappa shape index (κ2) is 14.9. The Morgan fingerprint density at radius 1 is 0.939 bits per heavy atom. The topological polar surface area (TPSA) is 278 Å². The molecular formula is C17H32N8O7S. The number of carboxylic acid groups (broad SMARTS) is 1. The van der Waals surface area contributed by atoms with Gasteiger partial charge in [-0.05, 0) is 19.8 Å². The van der Waals surface area contributed by atoms with Crippen LogP contribution in [-0.4, -0.2) is 88.3 Å². The van der Waals surface area contributed by atoms with Crippen LogP contribution in [0.2, 0.25) is 0 Å². The number of primary amides is 1. The number of amides is 4. The van der Waals surface area contributed by atoms with Gasteiger partial charge in [0, 0.05) is 12.3 Å². The van der Waals surface area contributed by atoms with Crippen LogP contribution in [-0.2, 0) is 24.0 Å². The lowest BCUT2D eigenvalue weighted by Crippen LogP contribution is -2.58. The first kappa shape index (κ1) is 29.9. The number of carbonyl (C=O) groups excluding carboxylic acids is 4. The minimum atomic E-state index is -1.51. The SMILES string of the molecule is CC(O)C(N)C(=O)NC(CC(N)=O)C(=O)NC(CCCN=C(N)N)C(=O)NC(CS)C(=O)O. The number of hydrogen-bond donors (Lipinski definition) is 10. The molecule has 13 N–H and O–H groups in total. The molecular weight excluding hydrogens is 460 g/mol. The molecule has 188 valence electrons. The van der Waals surface area contributed by atoms with Gasteiger partial charge in [0.1, 0.15) is 24.2 Å². The lowest BCUT2D eigenvalue weighted by molar-refractivity contribution is -0.141. The fourth-order valence-electron chi connectivity index (χ4n) is 2.40. The standard InChI is InChI=1S/C17H32N8O7S/c1-7(26)12(19)15(30)24-9(5-11(18)27)14(29)23-8(3-2-4-22-17(20)21)13(28)25-10(6-33)16(31)32/h7-10,12,26,33H,2-6,19H2,1H3,(H2,18,27)(H,23,29)(H,24,30)(H,25,28)(H,31,32)(H4,20,21,22). The number of thiol groups is 1. The Balaban J connectivity index is 5.55. The van der Waals surface area contributed by atoms with Crippen molar-refractivity contribution in [3.05, 3.63) is 0 Å². The highest BCUT2D eigenvalue weighted by Gasteiger charge is 2.31. The largest absolute Gasteiger partial charge is 0.480 e. The van der Waals surface area contributed by atoms with E-state index in [0.717, 1.165) is 0 Å². The third-order valence-electron chi connectivity index (χ3n) is 4.24. The summed E-state index contributed by atoms with van der Waals surface area (Å²) in [4.78, 5) is 63.8. The van der Waals surface area contributed by atoms with Crippen LogP contribution in [0.4, 0.5) is 0 Å². The average Bonchev–Trinajstić information content (AvgIpc) is 2.71. The van der Waals surface area contributed by atoms with Crippen LogP contribution < -0.4 is 38.9 Å². The molecule has 0 aromatic heterocycles. The van der Waals surface area contributed by atoms with E-state index in [2.05, 4.69) is 33.6 Å². The van der Waals surface area contributed by atoms with E-state index >= 15 is 0 Å². The summed E-state index contributed by atoms with van der Waals surface area (Å²) in [6.07, 6.45) is -1.67. The monoisotopic (exact) mass is 492 g/mol. The first-order valence-electron chi connectivity index (χ1n) is 9.82. The number of aliphatic hydroxyl groups is 1. The molecule has 0 bridgehead atoms. The number of nitrogens with zero attached hydrogens (tertiary/aromatic N) is 1. The molecule has 5 unspecified atom stereocenters. The van der Waals surface area contributed by atoms with E-state index in [1.165, 1.54) is 6.92 Å². The van der Waals surface area contributed by atoms with Crippen LogP contribution in [0.25, 0.3) is 0 Å². The molecule has 0 radical (unpaired) electrons. The minimum absolute atomic E-state index is 0.0162. The predicted molar refractivity (Wildman–Crippen MR) is 121 cm³/mol. The Bertz CT molecular complexity index is 745. The molecule has 33 heavy (non-hydrogen) atoms. The van der Waals surface area contributed by atoms with Gasteiger partial charge >= 0.3 is 5.97 Å². The maximum atomic E-state index is 12.7. The van der Waals surface area contributed by atoms with Crippen LogP contribution in [0.1, 0.15) is 26.2 Å². The zero-order valence-corrected chi connectivity index (χ0v) is 19.0. The van der Waals surface area contributed by atoms with Gasteiger partial charge in [-0.2, -0.15) is 12.6 Å².